The molecule has 4 rings (SSSR count). The van der Waals surface area contributed by atoms with Crippen LogP contribution in [0.1, 0.15) is 41.4 Å². The Balaban J connectivity index is 1.43. The summed E-state index contributed by atoms with van der Waals surface area (Å²) in [5.41, 5.74) is 5.88. The Hall–Kier alpha value is -3.14. The SMILES string of the molecule is NC(=O)c1nc(N2CCC(C(=O)N3N=CCC3c3cncc(F)c3)CC2)ncc1Cl. The van der Waals surface area contributed by atoms with Gasteiger partial charge in [-0.05, 0) is 24.5 Å². The first-order valence-electron chi connectivity index (χ1n) is 9.47. The number of aromatic nitrogens is 3. The average Bonchev–Trinajstić information content (AvgIpc) is 3.23. The maximum Gasteiger partial charge on any atom is 0.269 e. The van der Waals surface area contributed by atoms with Gasteiger partial charge in [0, 0.05) is 37.8 Å². The monoisotopic (exact) mass is 431 g/mol. The minimum atomic E-state index is -0.724. The minimum absolute atomic E-state index is 0.0298. The number of anilines is 1. The number of hydrogen-bond acceptors (Lipinski definition) is 7. The number of nitrogens with zero attached hydrogens (tertiary/aromatic N) is 6. The Morgan fingerprint density at radius 1 is 1.20 bits per heavy atom. The standard InChI is InChI=1S/C19H19ClFN7O2/c20-14-10-24-19(26-16(14)17(22)29)27-5-2-11(3-6-27)18(30)28-15(1-4-25-28)12-7-13(21)9-23-8-12/h4,7-11,15H,1-3,5-6H2,(H2,22,29). The van der Waals surface area contributed by atoms with E-state index in [9.17, 15) is 14.0 Å². The topological polar surface area (TPSA) is 118 Å². The molecular weight excluding hydrogens is 413 g/mol. The van der Waals surface area contributed by atoms with Crippen molar-refractivity contribution in [2.45, 2.75) is 25.3 Å². The number of hydrogen-bond donors (Lipinski definition) is 1. The van der Waals surface area contributed by atoms with Crippen LogP contribution in [0.2, 0.25) is 5.02 Å². The zero-order valence-corrected chi connectivity index (χ0v) is 16.7. The molecule has 2 aromatic heterocycles. The number of amides is 2. The predicted molar refractivity (Wildman–Crippen MR) is 107 cm³/mol. The van der Waals surface area contributed by atoms with Gasteiger partial charge in [-0.2, -0.15) is 5.10 Å². The van der Waals surface area contributed by atoms with Crippen molar-refractivity contribution in [2.75, 3.05) is 18.0 Å². The second kappa shape index (κ2) is 8.31. The van der Waals surface area contributed by atoms with E-state index in [-0.39, 0.29) is 28.6 Å². The number of nitrogens with two attached hydrogens (primary N) is 1. The number of halogens is 2. The molecule has 1 atom stereocenters. The smallest absolute Gasteiger partial charge is 0.269 e. The molecule has 1 fully saturated rings. The summed E-state index contributed by atoms with van der Waals surface area (Å²) in [5.74, 6) is -1.16. The van der Waals surface area contributed by atoms with Crippen molar-refractivity contribution >= 4 is 35.6 Å². The lowest BCUT2D eigenvalue weighted by atomic mass is 9.94. The van der Waals surface area contributed by atoms with Crippen LogP contribution in [-0.4, -0.2) is 51.1 Å². The highest BCUT2D eigenvalue weighted by Gasteiger charge is 2.35. The number of pyridine rings is 1. The van der Waals surface area contributed by atoms with E-state index in [0.29, 0.717) is 43.9 Å². The first-order chi connectivity index (χ1) is 14.4. The predicted octanol–water partition coefficient (Wildman–Crippen LogP) is 1.94. The molecule has 11 heteroatoms. The Kier molecular flexibility index (Phi) is 5.58. The molecule has 0 saturated carbocycles. The van der Waals surface area contributed by atoms with Gasteiger partial charge in [-0.25, -0.2) is 19.4 Å². The van der Waals surface area contributed by atoms with Gasteiger partial charge in [-0.3, -0.25) is 14.6 Å². The fourth-order valence-corrected chi connectivity index (χ4v) is 3.89. The fourth-order valence-electron chi connectivity index (χ4n) is 3.71. The molecule has 156 valence electrons. The summed E-state index contributed by atoms with van der Waals surface area (Å²) in [4.78, 5) is 38.6. The van der Waals surface area contributed by atoms with Crippen molar-refractivity contribution in [1.29, 1.82) is 0 Å². The van der Waals surface area contributed by atoms with Crippen molar-refractivity contribution in [2.24, 2.45) is 16.8 Å². The molecule has 9 nitrogen and oxygen atoms in total. The third kappa shape index (κ3) is 3.95. The summed E-state index contributed by atoms with van der Waals surface area (Å²) in [7, 11) is 0. The maximum atomic E-state index is 13.5. The zero-order valence-electron chi connectivity index (χ0n) is 15.9. The van der Waals surface area contributed by atoms with E-state index in [0.717, 1.165) is 6.20 Å². The summed E-state index contributed by atoms with van der Waals surface area (Å²) < 4.78 is 13.5. The van der Waals surface area contributed by atoms with Crippen LogP contribution in [0, 0.1) is 11.7 Å². The van der Waals surface area contributed by atoms with Crippen molar-refractivity contribution in [3.8, 4) is 0 Å². The van der Waals surface area contributed by atoms with Gasteiger partial charge in [0.25, 0.3) is 5.91 Å². The van der Waals surface area contributed by atoms with Gasteiger partial charge in [-0.1, -0.05) is 11.6 Å². The van der Waals surface area contributed by atoms with E-state index >= 15 is 0 Å². The van der Waals surface area contributed by atoms with Crippen molar-refractivity contribution in [3.05, 3.63) is 46.8 Å². The Labute approximate surface area is 176 Å². The highest BCUT2D eigenvalue weighted by atomic mass is 35.5. The molecule has 0 spiro atoms. The molecule has 0 aliphatic carbocycles. The molecule has 2 N–H and O–H groups in total. The van der Waals surface area contributed by atoms with Gasteiger partial charge in [0.1, 0.15) is 5.82 Å². The summed E-state index contributed by atoms with van der Waals surface area (Å²) >= 11 is 5.91. The largest absolute Gasteiger partial charge is 0.364 e. The highest BCUT2D eigenvalue weighted by molar-refractivity contribution is 6.33. The lowest BCUT2D eigenvalue weighted by Gasteiger charge is -2.33. The molecular formula is C19H19ClFN7O2. The molecule has 0 bridgehead atoms. The van der Waals surface area contributed by atoms with Crippen LogP contribution in [0.5, 0.6) is 0 Å². The number of hydrazone groups is 1. The van der Waals surface area contributed by atoms with Gasteiger partial charge in [0.15, 0.2) is 5.69 Å². The van der Waals surface area contributed by atoms with Crippen LogP contribution in [0.4, 0.5) is 10.3 Å². The first kappa shape index (κ1) is 20.1. The van der Waals surface area contributed by atoms with Gasteiger partial charge in [-0.15, -0.1) is 0 Å². The normalized spacial score (nSPS) is 19.3. The molecule has 2 aromatic rings. The molecule has 4 heterocycles. The Morgan fingerprint density at radius 2 is 1.97 bits per heavy atom. The van der Waals surface area contributed by atoms with Crippen LogP contribution in [0.15, 0.2) is 29.8 Å². The lowest BCUT2D eigenvalue weighted by Crippen LogP contribution is -2.41. The average molecular weight is 432 g/mol. The van der Waals surface area contributed by atoms with Gasteiger partial charge in [0.05, 0.1) is 23.5 Å². The van der Waals surface area contributed by atoms with Crippen molar-refractivity contribution in [3.63, 3.8) is 0 Å². The zero-order chi connectivity index (χ0) is 21.3. The lowest BCUT2D eigenvalue weighted by molar-refractivity contribution is -0.138. The maximum absolute atomic E-state index is 13.5. The van der Waals surface area contributed by atoms with Crippen LogP contribution in [-0.2, 0) is 4.79 Å². The number of piperidine rings is 1. The van der Waals surface area contributed by atoms with Gasteiger partial charge < -0.3 is 10.6 Å². The molecule has 1 unspecified atom stereocenters. The molecule has 1 saturated heterocycles. The second-order valence-electron chi connectivity index (χ2n) is 7.16. The first-order valence-corrected chi connectivity index (χ1v) is 9.85. The number of primary amides is 1. The van der Waals surface area contributed by atoms with Gasteiger partial charge >= 0.3 is 0 Å². The molecule has 30 heavy (non-hydrogen) atoms. The van der Waals surface area contributed by atoms with E-state index in [1.165, 1.54) is 17.3 Å². The summed E-state index contributed by atoms with van der Waals surface area (Å²) in [6.45, 7) is 1.06. The highest BCUT2D eigenvalue weighted by Crippen LogP contribution is 2.32. The van der Waals surface area contributed by atoms with E-state index in [4.69, 9.17) is 17.3 Å². The second-order valence-corrected chi connectivity index (χ2v) is 7.57. The summed E-state index contributed by atoms with van der Waals surface area (Å²) in [6.07, 6.45) is 7.34. The number of carbonyl (C=O) groups is 2. The Morgan fingerprint density at radius 3 is 2.67 bits per heavy atom. The van der Waals surface area contributed by atoms with Gasteiger partial charge in [0.2, 0.25) is 11.9 Å². The van der Waals surface area contributed by atoms with Crippen molar-refractivity contribution < 1.29 is 14.0 Å². The van der Waals surface area contributed by atoms with E-state index in [1.807, 2.05) is 4.90 Å². The van der Waals surface area contributed by atoms with Crippen molar-refractivity contribution in [1.82, 2.24) is 20.0 Å². The molecule has 0 radical (unpaired) electrons. The van der Waals surface area contributed by atoms with Crippen LogP contribution >= 0.6 is 11.6 Å². The third-order valence-electron chi connectivity index (χ3n) is 5.26. The quantitative estimate of drug-likeness (QED) is 0.790. The fraction of sp³-hybridized carbons (Fsp3) is 0.368. The third-order valence-corrected chi connectivity index (χ3v) is 5.53. The van der Waals surface area contributed by atoms with E-state index < -0.39 is 11.7 Å². The molecule has 2 amide bonds. The molecule has 2 aliphatic rings. The van der Waals surface area contributed by atoms with E-state index in [2.05, 4.69) is 20.1 Å². The van der Waals surface area contributed by atoms with Crippen LogP contribution in [0.25, 0.3) is 0 Å². The van der Waals surface area contributed by atoms with Crippen LogP contribution in [0.3, 0.4) is 0 Å². The minimum Gasteiger partial charge on any atom is -0.364 e. The van der Waals surface area contributed by atoms with E-state index in [1.54, 1.807) is 12.4 Å². The number of carbonyl (C=O) groups excluding carboxylic acids is 2. The molecule has 0 aromatic carbocycles. The molecule has 2 aliphatic heterocycles. The Bertz CT molecular complexity index is 1010. The summed E-state index contributed by atoms with van der Waals surface area (Å²) in [5, 5.41) is 5.75. The number of rotatable bonds is 4. The van der Waals surface area contributed by atoms with Crippen LogP contribution < -0.4 is 10.6 Å². The summed E-state index contributed by atoms with van der Waals surface area (Å²) in [6, 6.07) is 1.03.